The zero-order valence-electron chi connectivity index (χ0n) is 9.02. The van der Waals surface area contributed by atoms with Gasteiger partial charge in [-0.05, 0) is 6.92 Å². The molecule has 0 aromatic heterocycles. The molecule has 0 atom stereocenters. The van der Waals surface area contributed by atoms with Crippen LogP contribution < -0.4 is 0 Å². The molecular formula is C11H14O4. The molecule has 0 N–H and O–H groups in total. The van der Waals surface area contributed by atoms with Gasteiger partial charge in [0.15, 0.2) is 0 Å². The minimum absolute atomic E-state index is 0.378. The lowest BCUT2D eigenvalue weighted by atomic mass is 10.3. The van der Waals surface area contributed by atoms with Gasteiger partial charge in [0.2, 0.25) is 0 Å². The minimum Gasteiger partial charge on any atom is -0.466 e. The maximum absolute atomic E-state index is 10.9. The topological polar surface area (TPSA) is 52.6 Å². The molecule has 0 bridgehead atoms. The van der Waals surface area contributed by atoms with Crippen molar-refractivity contribution in [3.8, 4) is 0 Å². The molecule has 0 rings (SSSR count). The second-order valence-corrected chi connectivity index (χ2v) is 2.61. The highest BCUT2D eigenvalue weighted by Crippen LogP contribution is 1.95. The number of carbonyl (C=O) groups excluding carboxylic acids is 2. The monoisotopic (exact) mass is 210 g/mol. The summed E-state index contributed by atoms with van der Waals surface area (Å²) in [6.07, 6.45) is 7.63. The van der Waals surface area contributed by atoms with Crippen LogP contribution in [0.3, 0.4) is 0 Å². The summed E-state index contributed by atoms with van der Waals surface area (Å²) in [5.74, 6) is -0.801. The average molecular weight is 210 g/mol. The van der Waals surface area contributed by atoms with Gasteiger partial charge in [0.1, 0.15) is 0 Å². The Bertz CT molecular complexity index is 311. The van der Waals surface area contributed by atoms with Gasteiger partial charge in [-0.3, -0.25) is 0 Å². The molecule has 0 aromatic rings. The van der Waals surface area contributed by atoms with Crippen molar-refractivity contribution in [2.24, 2.45) is 0 Å². The third kappa shape index (κ3) is 6.26. The summed E-state index contributed by atoms with van der Waals surface area (Å²) in [7, 11) is 2.62. The van der Waals surface area contributed by atoms with Gasteiger partial charge < -0.3 is 9.47 Å². The fourth-order valence-corrected chi connectivity index (χ4v) is 0.695. The van der Waals surface area contributed by atoms with Crippen molar-refractivity contribution in [2.75, 3.05) is 14.2 Å². The standard InChI is InChI=1S/C11H14O4/c1-9(11(13)15-3)7-5-4-6-8-10(12)14-2/h4-8H,1-3H3/b5-4+,8-6+,9-7+. The molecule has 0 unspecified atom stereocenters. The van der Waals surface area contributed by atoms with Crippen LogP contribution in [0.15, 0.2) is 36.0 Å². The van der Waals surface area contributed by atoms with Crippen LogP contribution in [0.2, 0.25) is 0 Å². The molecule has 15 heavy (non-hydrogen) atoms. The van der Waals surface area contributed by atoms with Gasteiger partial charge in [-0.25, -0.2) is 9.59 Å². The fraction of sp³-hybridized carbons (Fsp3) is 0.273. The van der Waals surface area contributed by atoms with E-state index in [4.69, 9.17) is 0 Å². The lowest BCUT2D eigenvalue weighted by Gasteiger charge is -1.94. The summed E-state index contributed by atoms with van der Waals surface area (Å²) in [6, 6.07) is 0. The summed E-state index contributed by atoms with van der Waals surface area (Å²) in [4.78, 5) is 21.5. The first-order valence-electron chi connectivity index (χ1n) is 4.29. The SMILES string of the molecule is COC(=O)/C=C/C=C/C=C(\C)C(=O)OC. The predicted octanol–water partition coefficient (Wildman–Crippen LogP) is 1.39. The molecule has 0 heterocycles. The van der Waals surface area contributed by atoms with E-state index in [0.717, 1.165) is 0 Å². The molecule has 0 spiro atoms. The molecule has 0 fully saturated rings. The van der Waals surface area contributed by atoms with Crippen molar-refractivity contribution in [2.45, 2.75) is 6.92 Å². The van der Waals surface area contributed by atoms with Gasteiger partial charge in [0.05, 0.1) is 14.2 Å². The van der Waals surface area contributed by atoms with Crippen molar-refractivity contribution in [3.63, 3.8) is 0 Å². The molecule has 0 saturated heterocycles. The number of allylic oxidation sites excluding steroid dienone is 4. The number of ether oxygens (including phenoxy) is 2. The van der Waals surface area contributed by atoms with E-state index in [-0.39, 0.29) is 5.97 Å². The molecule has 0 aliphatic heterocycles. The molecule has 0 radical (unpaired) electrons. The Balaban J connectivity index is 4.15. The first-order chi connectivity index (χ1) is 7.11. The summed E-state index contributed by atoms with van der Waals surface area (Å²) in [5, 5.41) is 0. The smallest absolute Gasteiger partial charge is 0.333 e. The average Bonchev–Trinajstić information content (AvgIpc) is 2.26. The molecule has 0 amide bonds. The Morgan fingerprint density at radius 2 is 1.67 bits per heavy atom. The summed E-state index contributed by atoms with van der Waals surface area (Å²) in [6.45, 7) is 1.64. The van der Waals surface area contributed by atoms with Crippen molar-refractivity contribution in [3.05, 3.63) is 36.0 Å². The van der Waals surface area contributed by atoms with E-state index in [1.54, 1.807) is 25.2 Å². The van der Waals surface area contributed by atoms with Gasteiger partial charge in [-0.1, -0.05) is 24.3 Å². The quantitative estimate of drug-likeness (QED) is 0.399. The molecule has 4 nitrogen and oxygen atoms in total. The predicted molar refractivity (Wildman–Crippen MR) is 56.1 cm³/mol. The van der Waals surface area contributed by atoms with E-state index in [0.29, 0.717) is 5.57 Å². The van der Waals surface area contributed by atoms with E-state index in [1.807, 2.05) is 0 Å². The van der Waals surface area contributed by atoms with E-state index in [9.17, 15) is 9.59 Å². The number of hydrogen-bond acceptors (Lipinski definition) is 4. The van der Waals surface area contributed by atoms with Crippen LogP contribution in [0.5, 0.6) is 0 Å². The van der Waals surface area contributed by atoms with Crippen LogP contribution in [0.25, 0.3) is 0 Å². The van der Waals surface area contributed by atoms with E-state index in [2.05, 4.69) is 9.47 Å². The number of hydrogen-bond donors (Lipinski definition) is 0. The van der Waals surface area contributed by atoms with Gasteiger partial charge in [-0.2, -0.15) is 0 Å². The van der Waals surface area contributed by atoms with Crippen LogP contribution in [-0.2, 0) is 19.1 Å². The van der Waals surface area contributed by atoms with Crippen molar-refractivity contribution >= 4 is 11.9 Å². The first-order valence-corrected chi connectivity index (χ1v) is 4.29. The molecular weight excluding hydrogens is 196 g/mol. The largest absolute Gasteiger partial charge is 0.466 e. The Morgan fingerprint density at radius 1 is 1.00 bits per heavy atom. The highest BCUT2D eigenvalue weighted by Gasteiger charge is 1.99. The molecule has 0 aromatic carbocycles. The Morgan fingerprint density at radius 3 is 2.20 bits per heavy atom. The molecule has 82 valence electrons. The highest BCUT2D eigenvalue weighted by atomic mass is 16.5. The Labute approximate surface area is 88.9 Å². The molecule has 0 saturated carbocycles. The van der Waals surface area contributed by atoms with Crippen LogP contribution in [-0.4, -0.2) is 26.2 Å². The Kier molecular flexibility index (Phi) is 6.63. The molecule has 0 aliphatic rings. The third-order valence-electron chi connectivity index (χ3n) is 1.51. The lowest BCUT2D eigenvalue weighted by molar-refractivity contribution is -0.136. The maximum Gasteiger partial charge on any atom is 0.333 e. The minimum atomic E-state index is -0.423. The second kappa shape index (κ2) is 7.55. The second-order valence-electron chi connectivity index (χ2n) is 2.61. The fourth-order valence-electron chi connectivity index (χ4n) is 0.695. The van der Waals surface area contributed by atoms with Crippen LogP contribution >= 0.6 is 0 Å². The summed E-state index contributed by atoms with van der Waals surface area (Å²) < 4.78 is 8.88. The van der Waals surface area contributed by atoms with Gasteiger partial charge in [0.25, 0.3) is 0 Å². The number of carbonyl (C=O) groups is 2. The maximum atomic E-state index is 10.9. The normalized spacial score (nSPS) is 12.1. The molecule has 0 aliphatic carbocycles. The van der Waals surface area contributed by atoms with Crippen LogP contribution in [0, 0.1) is 0 Å². The lowest BCUT2D eigenvalue weighted by Crippen LogP contribution is -2.00. The zero-order chi connectivity index (χ0) is 11.7. The van der Waals surface area contributed by atoms with E-state index in [1.165, 1.54) is 26.4 Å². The third-order valence-corrected chi connectivity index (χ3v) is 1.51. The number of methoxy groups -OCH3 is 2. The zero-order valence-corrected chi connectivity index (χ0v) is 9.02. The van der Waals surface area contributed by atoms with E-state index >= 15 is 0 Å². The molecule has 4 heteroatoms. The van der Waals surface area contributed by atoms with Crippen LogP contribution in [0.4, 0.5) is 0 Å². The van der Waals surface area contributed by atoms with Crippen LogP contribution in [0.1, 0.15) is 6.92 Å². The van der Waals surface area contributed by atoms with E-state index < -0.39 is 5.97 Å². The van der Waals surface area contributed by atoms with Crippen molar-refractivity contribution in [1.29, 1.82) is 0 Å². The van der Waals surface area contributed by atoms with Crippen molar-refractivity contribution in [1.82, 2.24) is 0 Å². The highest BCUT2D eigenvalue weighted by molar-refractivity contribution is 5.88. The summed E-state index contributed by atoms with van der Waals surface area (Å²) >= 11 is 0. The van der Waals surface area contributed by atoms with Crippen molar-refractivity contribution < 1.29 is 19.1 Å². The van der Waals surface area contributed by atoms with Gasteiger partial charge in [0, 0.05) is 11.6 Å². The summed E-state index contributed by atoms with van der Waals surface area (Å²) in [5.41, 5.74) is 0.486. The number of esters is 2. The first kappa shape index (κ1) is 13.2. The number of rotatable bonds is 4. The Hall–Kier alpha value is -1.84. The van der Waals surface area contributed by atoms with Gasteiger partial charge >= 0.3 is 11.9 Å². The van der Waals surface area contributed by atoms with Gasteiger partial charge in [-0.15, -0.1) is 0 Å².